The lowest BCUT2D eigenvalue weighted by atomic mass is 9.95. The number of Topliss-reactive ketones (excluding diaryl/α,β-unsaturated/α-hetero) is 1. The summed E-state index contributed by atoms with van der Waals surface area (Å²) in [6.07, 6.45) is 0. The lowest BCUT2D eigenvalue weighted by Crippen LogP contribution is -2.35. The van der Waals surface area contributed by atoms with Gasteiger partial charge in [0.05, 0.1) is 24.3 Å². The number of halogens is 1. The maximum absolute atomic E-state index is 13.9. The third kappa shape index (κ3) is 4.00. The molecule has 0 bridgehead atoms. The van der Waals surface area contributed by atoms with Crippen LogP contribution in [-0.2, 0) is 9.59 Å². The summed E-state index contributed by atoms with van der Waals surface area (Å²) in [6.45, 7) is 0.759. The van der Waals surface area contributed by atoms with Crippen LogP contribution >= 0.6 is 0 Å². The van der Waals surface area contributed by atoms with Crippen LogP contribution in [-0.4, -0.2) is 60.9 Å². The average molecular weight is 398 g/mol. The van der Waals surface area contributed by atoms with E-state index in [4.69, 9.17) is 4.74 Å². The second-order valence-electron chi connectivity index (χ2n) is 7.05. The van der Waals surface area contributed by atoms with Gasteiger partial charge in [0, 0.05) is 13.1 Å². The van der Waals surface area contributed by atoms with Crippen molar-refractivity contribution < 1.29 is 23.8 Å². The summed E-state index contributed by atoms with van der Waals surface area (Å²) >= 11 is 0. The molecule has 0 aliphatic carbocycles. The first-order chi connectivity index (χ1) is 13.8. The first kappa shape index (κ1) is 20.5. The van der Waals surface area contributed by atoms with E-state index < -0.39 is 23.5 Å². The first-order valence-electron chi connectivity index (χ1n) is 9.17. The number of aliphatic hydroxyl groups excluding tert-OH is 1. The number of carbonyl (C=O) groups excluding carboxylic acids is 2. The number of benzene rings is 2. The number of methoxy groups -OCH3 is 1. The van der Waals surface area contributed by atoms with Crippen molar-refractivity contribution in [3.05, 3.63) is 71.0 Å². The molecule has 29 heavy (non-hydrogen) atoms. The third-order valence-corrected chi connectivity index (χ3v) is 4.85. The highest BCUT2D eigenvalue weighted by molar-refractivity contribution is 6.46. The van der Waals surface area contributed by atoms with Crippen LogP contribution in [0.4, 0.5) is 4.39 Å². The van der Waals surface area contributed by atoms with Crippen molar-refractivity contribution in [1.29, 1.82) is 0 Å². The Labute approximate surface area is 168 Å². The number of rotatable bonds is 6. The number of hydrogen-bond acceptors (Lipinski definition) is 5. The van der Waals surface area contributed by atoms with E-state index in [0.717, 1.165) is 0 Å². The van der Waals surface area contributed by atoms with Crippen molar-refractivity contribution in [1.82, 2.24) is 9.80 Å². The molecule has 0 saturated carbocycles. The van der Waals surface area contributed by atoms with E-state index in [0.29, 0.717) is 23.4 Å². The van der Waals surface area contributed by atoms with Crippen molar-refractivity contribution in [2.24, 2.45) is 0 Å². The monoisotopic (exact) mass is 398 g/mol. The molecule has 1 atom stereocenters. The topological polar surface area (TPSA) is 70.1 Å². The van der Waals surface area contributed by atoms with E-state index in [-0.39, 0.29) is 17.9 Å². The average Bonchev–Trinajstić information content (AvgIpc) is 2.96. The molecule has 0 spiro atoms. The van der Waals surface area contributed by atoms with E-state index in [1.54, 1.807) is 30.3 Å². The minimum absolute atomic E-state index is 0.0798. The Kier molecular flexibility index (Phi) is 5.98. The number of aliphatic hydroxyl groups is 1. The van der Waals surface area contributed by atoms with Gasteiger partial charge in [-0.25, -0.2) is 4.39 Å². The number of hydrogen-bond donors (Lipinski definition) is 1. The molecule has 6 nitrogen and oxygen atoms in total. The van der Waals surface area contributed by atoms with Crippen LogP contribution in [0.1, 0.15) is 17.2 Å². The zero-order valence-electron chi connectivity index (χ0n) is 16.6. The molecule has 0 radical (unpaired) electrons. The van der Waals surface area contributed by atoms with Crippen LogP contribution in [0.5, 0.6) is 5.75 Å². The summed E-state index contributed by atoms with van der Waals surface area (Å²) < 4.78 is 19.2. The van der Waals surface area contributed by atoms with Gasteiger partial charge in [0.1, 0.15) is 17.3 Å². The Morgan fingerprint density at radius 1 is 1.17 bits per heavy atom. The maximum Gasteiger partial charge on any atom is 0.295 e. The molecule has 1 N–H and O–H groups in total. The fraction of sp³-hybridized carbons (Fsp3) is 0.273. The largest absolute Gasteiger partial charge is 0.507 e. The number of likely N-dealkylation sites (tertiary alicyclic amines) is 1. The number of likely N-dealkylation sites (N-methyl/N-ethyl adjacent to an activating group) is 1. The van der Waals surface area contributed by atoms with Gasteiger partial charge in [-0.2, -0.15) is 0 Å². The molecule has 1 heterocycles. The minimum atomic E-state index is -0.893. The normalized spacial score (nSPS) is 18.5. The Bertz CT molecular complexity index is 971. The minimum Gasteiger partial charge on any atom is -0.507 e. The van der Waals surface area contributed by atoms with E-state index in [9.17, 15) is 19.1 Å². The highest BCUT2D eigenvalue weighted by atomic mass is 19.1. The van der Waals surface area contributed by atoms with Crippen molar-refractivity contribution in [2.75, 3.05) is 34.3 Å². The lowest BCUT2D eigenvalue weighted by Gasteiger charge is -2.26. The SMILES string of the molecule is COc1ccccc1/C(O)=C1\C(=O)C(=O)N(CCN(C)C)C1c1cccc(F)c1. The highest BCUT2D eigenvalue weighted by Gasteiger charge is 2.46. The van der Waals surface area contributed by atoms with Gasteiger partial charge in [-0.3, -0.25) is 9.59 Å². The van der Waals surface area contributed by atoms with Crippen LogP contribution in [0.25, 0.3) is 5.76 Å². The lowest BCUT2D eigenvalue weighted by molar-refractivity contribution is -0.140. The molecule has 1 aliphatic rings. The van der Waals surface area contributed by atoms with Gasteiger partial charge in [0.2, 0.25) is 0 Å². The van der Waals surface area contributed by atoms with Gasteiger partial charge >= 0.3 is 0 Å². The molecule has 1 unspecified atom stereocenters. The van der Waals surface area contributed by atoms with E-state index in [1.165, 1.54) is 30.2 Å². The summed E-state index contributed by atoms with van der Waals surface area (Å²) in [5.41, 5.74) is 0.630. The molecule has 1 aliphatic heterocycles. The Morgan fingerprint density at radius 2 is 1.90 bits per heavy atom. The van der Waals surface area contributed by atoms with E-state index in [2.05, 4.69) is 0 Å². The van der Waals surface area contributed by atoms with Crippen LogP contribution in [0.3, 0.4) is 0 Å². The zero-order valence-corrected chi connectivity index (χ0v) is 16.6. The van der Waals surface area contributed by atoms with Crippen LogP contribution < -0.4 is 4.74 Å². The Hall–Kier alpha value is -3.19. The van der Waals surface area contributed by atoms with Gasteiger partial charge in [-0.05, 0) is 43.9 Å². The standard InChI is InChI=1S/C22H23FN2O4/c1-24(2)11-12-25-19(14-7-6-8-15(23)13-14)18(21(27)22(25)28)20(26)16-9-4-5-10-17(16)29-3/h4-10,13,19,26H,11-12H2,1-3H3/b20-18+. The van der Waals surface area contributed by atoms with Gasteiger partial charge in [-0.15, -0.1) is 0 Å². The van der Waals surface area contributed by atoms with Crippen molar-refractivity contribution >= 4 is 17.4 Å². The fourth-order valence-corrected chi connectivity index (χ4v) is 3.43. The number of ether oxygens (including phenoxy) is 1. The second-order valence-corrected chi connectivity index (χ2v) is 7.05. The smallest absolute Gasteiger partial charge is 0.295 e. The molecule has 1 fully saturated rings. The maximum atomic E-state index is 13.9. The molecule has 1 amide bonds. The highest BCUT2D eigenvalue weighted by Crippen LogP contribution is 2.40. The summed E-state index contributed by atoms with van der Waals surface area (Å²) in [5, 5.41) is 11.0. The molecule has 152 valence electrons. The van der Waals surface area contributed by atoms with E-state index >= 15 is 0 Å². The van der Waals surface area contributed by atoms with Gasteiger partial charge < -0.3 is 19.6 Å². The number of nitrogens with zero attached hydrogens (tertiary/aromatic N) is 2. The predicted molar refractivity (Wildman–Crippen MR) is 107 cm³/mol. The van der Waals surface area contributed by atoms with Crippen LogP contribution in [0.15, 0.2) is 54.1 Å². The molecule has 2 aromatic carbocycles. The fourth-order valence-electron chi connectivity index (χ4n) is 3.43. The first-order valence-corrected chi connectivity index (χ1v) is 9.17. The Morgan fingerprint density at radius 3 is 2.55 bits per heavy atom. The van der Waals surface area contributed by atoms with Crippen LogP contribution in [0.2, 0.25) is 0 Å². The van der Waals surface area contributed by atoms with Crippen LogP contribution in [0, 0.1) is 5.82 Å². The van der Waals surface area contributed by atoms with Gasteiger partial charge in [0.15, 0.2) is 0 Å². The van der Waals surface area contributed by atoms with Crippen molar-refractivity contribution in [3.8, 4) is 5.75 Å². The molecule has 1 saturated heterocycles. The van der Waals surface area contributed by atoms with Crippen molar-refractivity contribution in [2.45, 2.75) is 6.04 Å². The van der Waals surface area contributed by atoms with Gasteiger partial charge in [0.25, 0.3) is 11.7 Å². The predicted octanol–water partition coefficient (Wildman–Crippen LogP) is 2.82. The number of para-hydroxylation sites is 1. The van der Waals surface area contributed by atoms with Gasteiger partial charge in [-0.1, -0.05) is 24.3 Å². The summed E-state index contributed by atoms with van der Waals surface area (Å²) in [7, 11) is 5.15. The molecular weight excluding hydrogens is 375 g/mol. The van der Waals surface area contributed by atoms with Crippen molar-refractivity contribution in [3.63, 3.8) is 0 Å². The Balaban J connectivity index is 2.19. The molecule has 3 rings (SSSR count). The van der Waals surface area contributed by atoms with E-state index in [1.807, 2.05) is 19.0 Å². The number of ketones is 1. The zero-order chi connectivity index (χ0) is 21.1. The molecular formula is C22H23FN2O4. The quantitative estimate of drug-likeness (QED) is 0.460. The summed E-state index contributed by atoms with van der Waals surface area (Å²) in [6, 6.07) is 11.5. The number of carbonyl (C=O) groups is 2. The number of amides is 1. The molecule has 0 aromatic heterocycles. The summed E-state index contributed by atoms with van der Waals surface area (Å²) in [5.74, 6) is -2.00. The third-order valence-electron chi connectivity index (χ3n) is 4.85. The molecule has 7 heteroatoms. The summed E-state index contributed by atoms with van der Waals surface area (Å²) in [4.78, 5) is 28.9. The second kappa shape index (κ2) is 8.45. The molecule has 2 aromatic rings.